The summed E-state index contributed by atoms with van der Waals surface area (Å²) in [6.07, 6.45) is 2.91. The van der Waals surface area contributed by atoms with Crippen molar-refractivity contribution in [2.75, 3.05) is 7.11 Å². The Labute approximate surface area is 109 Å². The summed E-state index contributed by atoms with van der Waals surface area (Å²) in [6.45, 7) is 0. The van der Waals surface area contributed by atoms with E-state index >= 15 is 0 Å². The van der Waals surface area contributed by atoms with Crippen LogP contribution in [0.15, 0.2) is 36.7 Å². The van der Waals surface area contributed by atoms with Crippen LogP contribution >= 0.6 is 0 Å². The average Bonchev–Trinajstić information content (AvgIpc) is 2.72. The maximum Gasteiger partial charge on any atom is 0.316 e. The number of ether oxygens (including phenoxy) is 1. The third-order valence-corrected chi connectivity index (χ3v) is 3.15. The first-order chi connectivity index (χ1) is 9.22. The molecular weight excluding hydrogens is 244 g/mol. The van der Waals surface area contributed by atoms with Gasteiger partial charge in [-0.25, -0.2) is 9.97 Å². The Balaban J connectivity index is 2.03. The van der Waals surface area contributed by atoms with Crippen LogP contribution in [0.2, 0.25) is 0 Å². The molecule has 94 valence electrons. The molecule has 3 rings (SSSR count). The largest absolute Gasteiger partial charge is 0.467 e. The Kier molecular flexibility index (Phi) is 2.59. The van der Waals surface area contributed by atoms with E-state index in [1.165, 1.54) is 19.5 Å². The van der Waals surface area contributed by atoms with Gasteiger partial charge < -0.3 is 4.74 Å². The molecule has 0 unspecified atom stereocenters. The first kappa shape index (κ1) is 11.5. The highest BCUT2D eigenvalue weighted by Crippen LogP contribution is 2.33. The Bertz CT molecular complexity index is 630. The fourth-order valence-corrected chi connectivity index (χ4v) is 2.23. The lowest BCUT2D eigenvalue weighted by Crippen LogP contribution is -2.13. The molecule has 0 amide bonds. The van der Waals surface area contributed by atoms with Gasteiger partial charge in [-0.15, -0.1) is 0 Å². The van der Waals surface area contributed by atoms with E-state index in [1.807, 2.05) is 0 Å². The van der Waals surface area contributed by atoms with Gasteiger partial charge in [0.15, 0.2) is 11.6 Å². The van der Waals surface area contributed by atoms with Gasteiger partial charge in [-0.2, -0.15) is 0 Å². The molecule has 0 bridgehead atoms. The predicted octanol–water partition coefficient (Wildman–Crippen LogP) is 1.65. The van der Waals surface area contributed by atoms with Crippen molar-refractivity contribution in [1.82, 2.24) is 9.97 Å². The van der Waals surface area contributed by atoms with Gasteiger partial charge in [0.05, 0.1) is 7.11 Å². The van der Waals surface area contributed by atoms with Gasteiger partial charge in [0, 0.05) is 29.1 Å². The Morgan fingerprint density at radius 2 is 1.53 bits per heavy atom. The lowest BCUT2D eigenvalue weighted by molar-refractivity contribution is 0.0889. The zero-order chi connectivity index (χ0) is 13.4. The highest BCUT2D eigenvalue weighted by molar-refractivity contribution is 6.29. The van der Waals surface area contributed by atoms with Gasteiger partial charge in [0.2, 0.25) is 0 Å². The maximum atomic E-state index is 12.3. The number of ketones is 2. The predicted molar refractivity (Wildman–Crippen MR) is 66.4 cm³/mol. The molecule has 1 aromatic carbocycles. The Hall–Kier alpha value is -2.56. The van der Waals surface area contributed by atoms with E-state index in [4.69, 9.17) is 4.74 Å². The first-order valence-electron chi connectivity index (χ1n) is 5.75. The van der Waals surface area contributed by atoms with Crippen molar-refractivity contribution < 1.29 is 14.3 Å². The fourth-order valence-electron chi connectivity index (χ4n) is 2.23. The van der Waals surface area contributed by atoms with E-state index < -0.39 is 5.92 Å². The molecule has 0 spiro atoms. The lowest BCUT2D eigenvalue weighted by Gasteiger charge is -2.06. The molecule has 1 aliphatic rings. The number of hydrogen-bond acceptors (Lipinski definition) is 5. The quantitative estimate of drug-likeness (QED) is 0.762. The van der Waals surface area contributed by atoms with Crippen LogP contribution in [0.3, 0.4) is 0 Å². The average molecular weight is 254 g/mol. The van der Waals surface area contributed by atoms with Crippen molar-refractivity contribution >= 4 is 11.6 Å². The zero-order valence-electron chi connectivity index (χ0n) is 10.2. The number of rotatable bonds is 2. The second-order valence-corrected chi connectivity index (χ2v) is 4.21. The molecular formula is C14H10N2O3. The molecule has 0 saturated heterocycles. The molecule has 5 nitrogen and oxygen atoms in total. The first-order valence-corrected chi connectivity index (χ1v) is 5.75. The molecule has 0 radical (unpaired) electrons. The molecule has 19 heavy (non-hydrogen) atoms. The van der Waals surface area contributed by atoms with Gasteiger partial charge in [-0.05, 0) is 0 Å². The number of fused-ring (bicyclic) bond motifs is 1. The number of carbonyl (C=O) groups excluding carboxylic acids is 2. The molecule has 1 aliphatic carbocycles. The molecule has 1 heterocycles. The number of benzene rings is 1. The van der Waals surface area contributed by atoms with E-state index in [2.05, 4.69) is 9.97 Å². The van der Waals surface area contributed by atoms with Crippen molar-refractivity contribution in [3.05, 3.63) is 53.3 Å². The minimum atomic E-state index is -0.830. The number of carbonyl (C=O) groups is 2. The van der Waals surface area contributed by atoms with Crippen LogP contribution in [-0.2, 0) is 0 Å². The van der Waals surface area contributed by atoms with Crippen LogP contribution in [0, 0.1) is 0 Å². The summed E-state index contributed by atoms with van der Waals surface area (Å²) in [5.74, 6) is -1.23. The molecule has 0 atom stereocenters. The topological polar surface area (TPSA) is 69.2 Å². The smallest absolute Gasteiger partial charge is 0.316 e. The second kappa shape index (κ2) is 4.28. The normalized spacial score (nSPS) is 14.6. The van der Waals surface area contributed by atoms with Crippen LogP contribution in [0.25, 0.3) is 0 Å². The van der Waals surface area contributed by atoms with Crippen LogP contribution in [0.1, 0.15) is 32.2 Å². The summed E-state index contributed by atoms with van der Waals surface area (Å²) in [4.78, 5) is 32.4. The minimum absolute atomic E-state index is 0.200. The minimum Gasteiger partial charge on any atom is -0.467 e. The van der Waals surface area contributed by atoms with Crippen molar-refractivity contribution in [3.8, 4) is 6.01 Å². The molecule has 0 aliphatic heterocycles. The molecule has 0 N–H and O–H groups in total. The van der Waals surface area contributed by atoms with Crippen LogP contribution < -0.4 is 4.74 Å². The van der Waals surface area contributed by atoms with E-state index in [9.17, 15) is 9.59 Å². The van der Waals surface area contributed by atoms with E-state index in [0.717, 1.165) is 0 Å². The van der Waals surface area contributed by atoms with Crippen molar-refractivity contribution in [2.24, 2.45) is 0 Å². The summed E-state index contributed by atoms with van der Waals surface area (Å²) in [7, 11) is 1.46. The van der Waals surface area contributed by atoms with Crippen LogP contribution in [0.4, 0.5) is 0 Å². The summed E-state index contributed by atoms with van der Waals surface area (Å²) in [5, 5.41) is 0. The molecule has 0 saturated carbocycles. The van der Waals surface area contributed by atoms with Gasteiger partial charge in [-0.1, -0.05) is 24.3 Å². The van der Waals surface area contributed by atoms with Crippen molar-refractivity contribution in [2.45, 2.75) is 5.92 Å². The van der Waals surface area contributed by atoms with E-state index in [0.29, 0.717) is 16.7 Å². The van der Waals surface area contributed by atoms with Gasteiger partial charge in [0.25, 0.3) is 0 Å². The monoisotopic (exact) mass is 254 g/mol. The lowest BCUT2D eigenvalue weighted by atomic mass is 9.97. The number of hydrogen-bond donors (Lipinski definition) is 0. The van der Waals surface area contributed by atoms with Gasteiger partial charge in [-0.3, -0.25) is 9.59 Å². The van der Waals surface area contributed by atoms with Gasteiger partial charge >= 0.3 is 6.01 Å². The number of aromatic nitrogens is 2. The number of nitrogens with zero attached hydrogens (tertiary/aromatic N) is 2. The summed E-state index contributed by atoms with van der Waals surface area (Å²) in [6, 6.07) is 7.03. The fraction of sp³-hybridized carbons (Fsp3) is 0.143. The zero-order valence-corrected chi connectivity index (χ0v) is 10.2. The number of Topliss-reactive ketones (excluding diaryl/α,β-unsaturated/α-hetero) is 2. The van der Waals surface area contributed by atoms with Gasteiger partial charge in [0.1, 0.15) is 5.92 Å². The molecule has 0 fully saturated rings. The Morgan fingerprint density at radius 1 is 1.00 bits per heavy atom. The standard InChI is InChI=1S/C14H10N2O3/c1-19-14-15-6-8(7-16-14)11-12(17)9-4-2-3-5-10(9)13(11)18/h2-7,11H,1H3. The summed E-state index contributed by atoms with van der Waals surface area (Å²) >= 11 is 0. The Morgan fingerprint density at radius 3 is 2.00 bits per heavy atom. The van der Waals surface area contributed by atoms with Crippen LogP contribution in [-0.4, -0.2) is 28.6 Å². The SMILES string of the molecule is COc1ncc(C2C(=O)c3ccccc3C2=O)cn1. The third kappa shape index (κ3) is 1.71. The summed E-state index contributed by atoms with van der Waals surface area (Å²) in [5.41, 5.74) is 1.42. The van der Waals surface area contributed by atoms with E-state index in [1.54, 1.807) is 24.3 Å². The third-order valence-electron chi connectivity index (χ3n) is 3.15. The highest BCUT2D eigenvalue weighted by atomic mass is 16.5. The molecule has 2 aromatic rings. The van der Waals surface area contributed by atoms with Crippen molar-refractivity contribution in [3.63, 3.8) is 0 Å². The van der Waals surface area contributed by atoms with Crippen LogP contribution in [0.5, 0.6) is 6.01 Å². The van der Waals surface area contributed by atoms with E-state index in [-0.39, 0.29) is 17.6 Å². The molecule has 1 aromatic heterocycles. The molecule has 5 heteroatoms. The maximum absolute atomic E-state index is 12.3. The highest BCUT2D eigenvalue weighted by Gasteiger charge is 2.39. The summed E-state index contributed by atoms with van der Waals surface area (Å²) < 4.78 is 4.86. The number of methoxy groups -OCH3 is 1. The van der Waals surface area contributed by atoms with Crippen molar-refractivity contribution in [1.29, 1.82) is 0 Å². The second-order valence-electron chi connectivity index (χ2n) is 4.21.